The maximum absolute atomic E-state index is 12.2. The van der Waals surface area contributed by atoms with Gasteiger partial charge in [0.25, 0.3) is 5.91 Å². The van der Waals surface area contributed by atoms with E-state index in [1.807, 2.05) is 38.1 Å². The number of sulfonamides is 1. The smallest absolute Gasteiger partial charge is 0.257 e. The molecule has 1 N–H and O–H groups in total. The summed E-state index contributed by atoms with van der Waals surface area (Å²) in [6.07, 6.45) is 6.80. The predicted octanol–water partition coefficient (Wildman–Crippen LogP) is 2.72. The van der Waals surface area contributed by atoms with Crippen LogP contribution in [0.2, 0.25) is 0 Å². The quantitative estimate of drug-likeness (QED) is 0.450. The van der Waals surface area contributed by atoms with E-state index in [0.29, 0.717) is 23.5 Å². The van der Waals surface area contributed by atoms with Crippen molar-refractivity contribution >= 4 is 32.9 Å². The Labute approximate surface area is 170 Å². The minimum atomic E-state index is -3.63. The van der Waals surface area contributed by atoms with E-state index >= 15 is 0 Å². The van der Waals surface area contributed by atoms with E-state index in [1.165, 1.54) is 6.08 Å². The molecule has 0 saturated carbocycles. The number of carbonyl (C=O) groups is 1. The minimum Gasteiger partial charge on any atom is -0.269 e. The van der Waals surface area contributed by atoms with E-state index in [0.717, 1.165) is 23.7 Å². The molecule has 2 heterocycles. The SMILES string of the molecule is CCCCCS(=O)(=O)NC(=O)C=Cc1c(C)nn(C)c1-n1ncc2ccccc21. The lowest BCUT2D eigenvalue weighted by molar-refractivity contribution is -0.114. The van der Waals surface area contributed by atoms with E-state index in [-0.39, 0.29) is 5.75 Å². The zero-order valence-corrected chi connectivity index (χ0v) is 17.6. The number of fused-ring (bicyclic) bond motifs is 1. The largest absolute Gasteiger partial charge is 0.269 e. The fourth-order valence-electron chi connectivity index (χ4n) is 3.19. The van der Waals surface area contributed by atoms with Crippen LogP contribution in [-0.2, 0) is 21.9 Å². The second-order valence-corrected chi connectivity index (χ2v) is 8.73. The molecule has 1 amide bonds. The first-order chi connectivity index (χ1) is 13.8. The third-order valence-corrected chi connectivity index (χ3v) is 5.93. The number of benzene rings is 1. The number of nitrogens with one attached hydrogen (secondary N) is 1. The molecule has 9 heteroatoms. The maximum atomic E-state index is 12.2. The molecule has 0 aliphatic heterocycles. The van der Waals surface area contributed by atoms with Crippen LogP contribution < -0.4 is 4.72 Å². The zero-order valence-electron chi connectivity index (χ0n) is 16.8. The van der Waals surface area contributed by atoms with Gasteiger partial charge in [0.05, 0.1) is 23.2 Å². The number of aromatic nitrogens is 4. The Morgan fingerprint density at radius 2 is 2.00 bits per heavy atom. The standard InChI is InChI=1S/C20H25N5O3S/c1-4-5-8-13-29(27,28)23-19(26)12-11-17-15(2)22-24(3)20(17)25-18-10-7-6-9-16(18)14-21-25/h6-7,9-12,14H,4-5,8,13H2,1-3H3,(H,23,26). The van der Waals surface area contributed by atoms with Crippen LogP contribution in [0.25, 0.3) is 22.8 Å². The van der Waals surface area contributed by atoms with Crippen LogP contribution in [0.3, 0.4) is 0 Å². The monoisotopic (exact) mass is 415 g/mol. The van der Waals surface area contributed by atoms with Gasteiger partial charge in [0.15, 0.2) is 5.82 Å². The molecule has 0 bridgehead atoms. The Morgan fingerprint density at radius 3 is 2.76 bits per heavy atom. The van der Waals surface area contributed by atoms with Crippen LogP contribution in [0, 0.1) is 6.92 Å². The van der Waals surface area contributed by atoms with Crippen molar-refractivity contribution in [1.29, 1.82) is 0 Å². The Hall–Kier alpha value is -2.94. The molecule has 29 heavy (non-hydrogen) atoms. The fraction of sp³-hybridized carbons (Fsp3) is 0.350. The molecular weight excluding hydrogens is 390 g/mol. The molecule has 0 saturated heterocycles. The number of unbranched alkanes of at least 4 members (excludes halogenated alkanes) is 2. The van der Waals surface area contributed by atoms with Gasteiger partial charge in [0.2, 0.25) is 10.0 Å². The van der Waals surface area contributed by atoms with Gasteiger partial charge in [-0.1, -0.05) is 38.0 Å². The highest BCUT2D eigenvalue weighted by molar-refractivity contribution is 7.90. The topological polar surface area (TPSA) is 98.9 Å². The van der Waals surface area contributed by atoms with Crippen LogP contribution in [0.1, 0.15) is 37.4 Å². The van der Waals surface area contributed by atoms with Crippen molar-refractivity contribution in [3.05, 3.63) is 47.8 Å². The Kier molecular flexibility index (Phi) is 6.17. The summed E-state index contributed by atoms with van der Waals surface area (Å²) in [6.45, 7) is 3.82. The van der Waals surface area contributed by atoms with Crippen LogP contribution in [0.4, 0.5) is 0 Å². The summed E-state index contributed by atoms with van der Waals surface area (Å²) in [5, 5.41) is 9.87. The van der Waals surface area contributed by atoms with Gasteiger partial charge in [0, 0.05) is 24.1 Å². The lowest BCUT2D eigenvalue weighted by Crippen LogP contribution is -2.31. The van der Waals surface area contributed by atoms with Gasteiger partial charge in [-0.2, -0.15) is 10.2 Å². The van der Waals surface area contributed by atoms with E-state index in [4.69, 9.17) is 0 Å². The molecule has 2 aromatic heterocycles. The summed E-state index contributed by atoms with van der Waals surface area (Å²) in [5.74, 6) is -0.0452. The van der Waals surface area contributed by atoms with Crippen molar-refractivity contribution in [3.8, 4) is 5.82 Å². The number of amides is 1. The highest BCUT2D eigenvalue weighted by Crippen LogP contribution is 2.23. The number of hydrogen-bond donors (Lipinski definition) is 1. The number of rotatable bonds is 8. The number of para-hydroxylation sites is 1. The lowest BCUT2D eigenvalue weighted by Gasteiger charge is -2.06. The summed E-state index contributed by atoms with van der Waals surface area (Å²) in [6, 6.07) is 7.78. The summed E-state index contributed by atoms with van der Waals surface area (Å²) in [7, 11) is -1.83. The van der Waals surface area contributed by atoms with Crippen molar-refractivity contribution in [2.24, 2.45) is 7.05 Å². The zero-order chi connectivity index (χ0) is 21.0. The first-order valence-corrected chi connectivity index (χ1v) is 11.2. The number of nitrogens with zero attached hydrogens (tertiary/aromatic N) is 4. The van der Waals surface area contributed by atoms with Gasteiger partial charge in [-0.05, 0) is 25.5 Å². The van der Waals surface area contributed by atoms with Gasteiger partial charge in [0.1, 0.15) is 0 Å². The first kappa shape index (κ1) is 20.8. The molecule has 3 rings (SSSR count). The Morgan fingerprint density at radius 1 is 1.24 bits per heavy atom. The average molecular weight is 416 g/mol. The van der Waals surface area contributed by atoms with Gasteiger partial charge in [-0.25, -0.2) is 17.8 Å². The third-order valence-electron chi connectivity index (χ3n) is 4.59. The van der Waals surface area contributed by atoms with Gasteiger partial charge in [-0.15, -0.1) is 0 Å². The lowest BCUT2D eigenvalue weighted by atomic mass is 10.2. The maximum Gasteiger partial charge on any atom is 0.257 e. The van der Waals surface area contributed by atoms with Crippen LogP contribution in [-0.4, -0.2) is 39.6 Å². The number of carbonyl (C=O) groups excluding carboxylic acids is 1. The summed E-state index contributed by atoms with van der Waals surface area (Å²) in [5.41, 5.74) is 2.31. The van der Waals surface area contributed by atoms with Crippen molar-refractivity contribution in [3.63, 3.8) is 0 Å². The van der Waals surface area contributed by atoms with Gasteiger partial charge < -0.3 is 0 Å². The fourth-order valence-corrected chi connectivity index (χ4v) is 4.25. The number of aryl methyl sites for hydroxylation is 2. The molecule has 0 radical (unpaired) electrons. The molecule has 0 atom stereocenters. The summed E-state index contributed by atoms with van der Waals surface area (Å²) >= 11 is 0. The molecule has 0 unspecified atom stereocenters. The van der Waals surface area contributed by atoms with Crippen molar-refractivity contribution < 1.29 is 13.2 Å². The Bertz CT molecular complexity index is 1160. The first-order valence-electron chi connectivity index (χ1n) is 9.51. The predicted molar refractivity (Wildman–Crippen MR) is 113 cm³/mol. The average Bonchev–Trinajstić information content (AvgIpc) is 3.19. The molecule has 0 aliphatic rings. The number of hydrogen-bond acceptors (Lipinski definition) is 5. The normalized spacial score (nSPS) is 12.1. The molecule has 0 spiro atoms. The Balaban J connectivity index is 1.86. The minimum absolute atomic E-state index is 0.0587. The van der Waals surface area contributed by atoms with Gasteiger partial charge >= 0.3 is 0 Å². The second-order valence-electron chi connectivity index (χ2n) is 6.89. The molecule has 154 valence electrons. The van der Waals surface area contributed by atoms with E-state index in [9.17, 15) is 13.2 Å². The van der Waals surface area contributed by atoms with E-state index < -0.39 is 15.9 Å². The molecule has 3 aromatic rings. The van der Waals surface area contributed by atoms with Crippen molar-refractivity contribution in [2.75, 3.05) is 5.75 Å². The molecule has 1 aromatic carbocycles. The molecule has 8 nitrogen and oxygen atoms in total. The van der Waals surface area contributed by atoms with Crippen molar-refractivity contribution in [2.45, 2.75) is 33.1 Å². The molecule has 0 fully saturated rings. The highest BCUT2D eigenvalue weighted by Gasteiger charge is 2.17. The van der Waals surface area contributed by atoms with E-state index in [1.54, 1.807) is 28.7 Å². The van der Waals surface area contributed by atoms with Gasteiger partial charge in [-0.3, -0.25) is 9.48 Å². The second kappa shape index (κ2) is 8.60. The van der Waals surface area contributed by atoms with Crippen molar-refractivity contribution in [1.82, 2.24) is 24.3 Å². The molecular formula is C20H25N5O3S. The van der Waals surface area contributed by atoms with Crippen LogP contribution >= 0.6 is 0 Å². The van der Waals surface area contributed by atoms with E-state index in [2.05, 4.69) is 14.9 Å². The van der Waals surface area contributed by atoms with Crippen LogP contribution in [0.5, 0.6) is 0 Å². The summed E-state index contributed by atoms with van der Waals surface area (Å²) in [4.78, 5) is 12.2. The highest BCUT2D eigenvalue weighted by atomic mass is 32.2. The molecule has 0 aliphatic carbocycles. The summed E-state index contributed by atoms with van der Waals surface area (Å²) < 4.78 is 29.5. The van der Waals surface area contributed by atoms with Crippen LogP contribution in [0.15, 0.2) is 36.5 Å². The third kappa shape index (κ3) is 4.73.